The number of carboxylic acids is 1. The van der Waals surface area contributed by atoms with Crippen molar-refractivity contribution in [2.45, 2.75) is 52.1 Å². The average Bonchev–Trinajstić information content (AvgIpc) is 2.28. The van der Waals surface area contributed by atoms with Crippen LogP contribution in [0.15, 0.2) is 0 Å². The van der Waals surface area contributed by atoms with E-state index in [1.54, 1.807) is 20.8 Å². The van der Waals surface area contributed by atoms with Gasteiger partial charge in [0.15, 0.2) is 0 Å². The van der Waals surface area contributed by atoms with Crippen LogP contribution in [0.3, 0.4) is 0 Å². The third-order valence-electron chi connectivity index (χ3n) is 1.69. The smallest absolute Gasteiger partial charge is 0.441 e. The van der Waals surface area contributed by atoms with Gasteiger partial charge in [-0.3, -0.25) is 4.79 Å². The summed E-state index contributed by atoms with van der Waals surface area (Å²) in [5.41, 5.74) is 1.19. The summed E-state index contributed by atoms with van der Waals surface area (Å²) in [7, 11) is 0. The van der Waals surface area contributed by atoms with Crippen LogP contribution in [-0.2, 0) is 19.2 Å². The topological polar surface area (TPSA) is 102 Å². The Morgan fingerprint density at radius 3 is 2.15 bits per heavy atom. The molecular weight excluding hydrogens is 266 g/mol. The van der Waals surface area contributed by atoms with Crippen molar-refractivity contribution in [3.63, 3.8) is 0 Å². The Labute approximate surface area is 117 Å². The van der Waals surface area contributed by atoms with E-state index in [1.807, 2.05) is 5.48 Å². The van der Waals surface area contributed by atoms with Crippen molar-refractivity contribution in [3.8, 4) is 11.8 Å². The third kappa shape index (κ3) is 12.2. The van der Waals surface area contributed by atoms with Gasteiger partial charge in [-0.15, -0.1) is 17.3 Å². The Morgan fingerprint density at radius 1 is 1.10 bits per heavy atom. The van der Waals surface area contributed by atoms with Crippen molar-refractivity contribution < 1.29 is 29.1 Å². The number of hydrogen-bond acceptors (Lipinski definition) is 5. The zero-order valence-electron chi connectivity index (χ0n) is 11.8. The number of nitrogens with one attached hydrogen (secondary N) is 1. The molecule has 0 aliphatic rings. The highest BCUT2D eigenvalue weighted by Gasteiger charge is 2.17. The summed E-state index contributed by atoms with van der Waals surface area (Å²) < 4.78 is 4.86. The van der Waals surface area contributed by atoms with Gasteiger partial charge in [0, 0.05) is 12.8 Å². The van der Waals surface area contributed by atoms with Gasteiger partial charge in [0.1, 0.15) is 5.60 Å². The molecule has 0 aliphatic heterocycles. The van der Waals surface area contributed by atoms with Crippen LogP contribution >= 0.6 is 0 Å². The molecule has 7 heteroatoms. The van der Waals surface area contributed by atoms with Crippen LogP contribution in [0.5, 0.6) is 0 Å². The zero-order valence-corrected chi connectivity index (χ0v) is 11.8. The van der Waals surface area contributed by atoms with E-state index in [0.29, 0.717) is 0 Å². The lowest BCUT2D eigenvalue weighted by atomic mass is 10.2. The van der Waals surface area contributed by atoms with Gasteiger partial charge in [-0.25, -0.2) is 9.59 Å². The minimum absolute atomic E-state index is 0.00410. The Bertz CT molecular complexity index is 413. The van der Waals surface area contributed by atoms with Crippen molar-refractivity contribution in [1.29, 1.82) is 0 Å². The lowest BCUT2D eigenvalue weighted by molar-refractivity contribution is -0.150. The molecule has 0 heterocycles. The number of carboxylic acid groups (broad SMARTS) is 1. The molecule has 0 aliphatic carbocycles. The first-order valence-electron chi connectivity index (χ1n) is 6.07. The van der Waals surface area contributed by atoms with Crippen LogP contribution in [0.25, 0.3) is 0 Å². The molecule has 0 aromatic carbocycles. The number of carbonyl (C=O) groups excluding carboxylic acids is 2. The molecule has 2 N–H and O–H groups in total. The molecule has 0 radical (unpaired) electrons. The highest BCUT2D eigenvalue weighted by Crippen LogP contribution is 2.06. The molecule has 0 aromatic rings. The Hall–Kier alpha value is -2.23. The molecule has 0 aromatic heterocycles. The van der Waals surface area contributed by atoms with Gasteiger partial charge in [0.05, 0.1) is 12.8 Å². The molecule has 0 bridgehead atoms. The van der Waals surface area contributed by atoms with E-state index in [0.717, 1.165) is 0 Å². The molecule has 0 fully saturated rings. The number of aliphatic carboxylic acids is 1. The quantitative estimate of drug-likeness (QED) is 0.601. The monoisotopic (exact) mass is 285 g/mol. The van der Waals surface area contributed by atoms with Crippen LogP contribution in [0.1, 0.15) is 46.5 Å². The highest BCUT2D eigenvalue weighted by molar-refractivity contribution is 5.73. The number of rotatable bonds is 4. The standard InChI is InChI=1S/C13H19NO6/c1-13(2,3)19-12(18)14-20-11(17)9-7-5-4-6-8-10(15)16/h6-9H2,1-3H3,(H,14,18)(H,15,16). The average molecular weight is 285 g/mol. The number of ether oxygens (including phenoxy) is 1. The van der Waals surface area contributed by atoms with Crippen molar-refractivity contribution in [2.24, 2.45) is 0 Å². The van der Waals surface area contributed by atoms with Crippen LogP contribution < -0.4 is 5.48 Å². The molecule has 112 valence electrons. The second-order valence-corrected chi connectivity index (χ2v) is 4.83. The predicted octanol–water partition coefficient (Wildman–Crippen LogP) is 1.62. The normalized spacial score (nSPS) is 9.95. The summed E-state index contributed by atoms with van der Waals surface area (Å²) in [6.07, 6.45) is -0.416. The zero-order chi connectivity index (χ0) is 15.6. The molecular formula is C13H19NO6. The fraction of sp³-hybridized carbons (Fsp3) is 0.615. The van der Waals surface area contributed by atoms with E-state index >= 15 is 0 Å². The highest BCUT2D eigenvalue weighted by atomic mass is 16.7. The van der Waals surface area contributed by atoms with Crippen LogP contribution in [-0.4, -0.2) is 28.7 Å². The fourth-order valence-corrected chi connectivity index (χ4v) is 0.959. The van der Waals surface area contributed by atoms with Gasteiger partial charge >= 0.3 is 18.0 Å². The number of hydroxylamine groups is 1. The van der Waals surface area contributed by atoms with E-state index in [2.05, 4.69) is 16.7 Å². The van der Waals surface area contributed by atoms with E-state index in [9.17, 15) is 14.4 Å². The van der Waals surface area contributed by atoms with Gasteiger partial charge in [-0.2, -0.15) is 0 Å². The molecule has 0 rings (SSSR count). The van der Waals surface area contributed by atoms with Crippen LogP contribution in [0, 0.1) is 11.8 Å². The van der Waals surface area contributed by atoms with E-state index in [1.165, 1.54) is 0 Å². The Morgan fingerprint density at radius 2 is 1.65 bits per heavy atom. The summed E-state index contributed by atoms with van der Waals surface area (Å²) in [5, 5.41) is 8.37. The summed E-state index contributed by atoms with van der Waals surface area (Å²) in [4.78, 5) is 37.0. The summed E-state index contributed by atoms with van der Waals surface area (Å²) >= 11 is 0. The maximum absolute atomic E-state index is 11.2. The summed E-state index contributed by atoms with van der Waals surface area (Å²) in [6.45, 7) is 5.04. The van der Waals surface area contributed by atoms with Crippen molar-refractivity contribution in [1.82, 2.24) is 5.48 Å². The molecule has 1 amide bonds. The first kappa shape index (κ1) is 17.8. The second-order valence-electron chi connectivity index (χ2n) is 4.83. The van der Waals surface area contributed by atoms with Gasteiger partial charge < -0.3 is 14.7 Å². The number of amides is 1. The van der Waals surface area contributed by atoms with Crippen LogP contribution in [0.4, 0.5) is 4.79 Å². The van der Waals surface area contributed by atoms with Gasteiger partial charge in [-0.1, -0.05) is 0 Å². The maximum atomic E-state index is 11.2. The first-order valence-corrected chi connectivity index (χ1v) is 6.07. The predicted molar refractivity (Wildman–Crippen MR) is 69.3 cm³/mol. The SMILES string of the molecule is CC(C)(C)OC(=O)NOC(=O)CCC#CCCC(=O)O. The largest absolute Gasteiger partial charge is 0.481 e. The van der Waals surface area contributed by atoms with Crippen molar-refractivity contribution in [2.75, 3.05) is 0 Å². The second kappa shape index (κ2) is 8.80. The van der Waals surface area contributed by atoms with Crippen molar-refractivity contribution in [3.05, 3.63) is 0 Å². The maximum Gasteiger partial charge on any atom is 0.441 e. The van der Waals surface area contributed by atoms with E-state index in [-0.39, 0.29) is 25.7 Å². The minimum Gasteiger partial charge on any atom is -0.481 e. The molecule has 7 nitrogen and oxygen atoms in total. The Balaban J connectivity index is 3.74. The van der Waals surface area contributed by atoms with Crippen LogP contribution in [0.2, 0.25) is 0 Å². The van der Waals surface area contributed by atoms with Gasteiger partial charge in [0.25, 0.3) is 0 Å². The number of carbonyl (C=O) groups is 3. The molecule has 0 saturated carbocycles. The summed E-state index contributed by atoms with van der Waals surface area (Å²) in [5.74, 6) is 3.69. The number of hydrogen-bond donors (Lipinski definition) is 2. The van der Waals surface area contributed by atoms with E-state index < -0.39 is 23.6 Å². The molecule has 20 heavy (non-hydrogen) atoms. The van der Waals surface area contributed by atoms with E-state index in [4.69, 9.17) is 9.84 Å². The molecule has 0 atom stereocenters. The van der Waals surface area contributed by atoms with Gasteiger partial charge in [0.2, 0.25) is 0 Å². The molecule has 0 spiro atoms. The fourth-order valence-electron chi connectivity index (χ4n) is 0.959. The van der Waals surface area contributed by atoms with Crippen molar-refractivity contribution >= 4 is 18.0 Å². The minimum atomic E-state index is -0.916. The molecule has 0 saturated heterocycles. The Kier molecular flexibility index (Phi) is 7.82. The summed E-state index contributed by atoms with van der Waals surface area (Å²) in [6, 6.07) is 0. The first-order chi connectivity index (χ1) is 9.20. The van der Waals surface area contributed by atoms with Gasteiger partial charge in [-0.05, 0) is 20.8 Å². The lowest BCUT2D eigenvalue weighted by Crippen LogP contribution is -2.34. The lowest BCUT2D eigenvalue weighted by Gasteiger charge is -2.19. The molecule has 0 unspecified atom stereocenters. The third-order valence-corrected chi connectivity index (χ3v) is 1.69.